The van der Waals surface area contributed by atoms with Gasteiger partial charge in [-0.05, 0) is 55.9 Å². The number of nitrogens with one attached hydrogen (secondary N) is 1. The number of aromatic amines is 1. The summed E-state index contributed by atoms with van der Waals surface area (Å²) >= 11 is 17.7. The van der Waals surface area contributed by atoms with Gasteiger partial charge < -0.3 is 4.98 Å². The first kappa shape index (κ1) is 15.3. The van der Waals surface area contributed by atoms with E-state index in [4.69, 9.17) is 35.4 Å². The first-order chi connectivity index (χ1) is 10.5. The van der Waals surface area contributed by atoms with E-state index in [0.717, 1.165) is 16.9 Å². The molecule has 22 heavy (non-hydrogen) atoms. The van der Waals surface area contributed by atoms with E-state index in [-0.39, 0.29) is 0 Å². The average molecular weight is 349 g/mol. The first-order valence-electron chi connectivity index (χ1n) is 6.80. The summed E-state index contributed by atoms with van der Waals surface area (Å²) in [5.74, 6) is 0. The van der Waals surface area contributed by atoms with Crippen molar-refractivity contribution < 1.29 is 0 Å². The third-order valence-corrected chi connectivity index (χ3v) is 4.40. The molecule has 3 rings (SSSR count). The third kappa shape index (κ3) is 2.84. The normalized spacial score (nSPS) is 10.9. The predicted octanol–water partition coefficient (Wildman–Crippen LogP) is 6.13. The van der Waals surface area contributed by atoms with Gasteiger partial charge >= 0.3 is 0 Å². The van der Waals surface area contributed by atoms with E-state index in [2.05, 4.69) is 37.0 Å². The molecule has 0 aliphatic carbocycles. The lowest BCUT2D eigenvalue weighted by Crippen LogP contribution is -1.95. The van der Waals surface area contributed by atoms with Crippen LogP contribution in [0.2, 0.25) is 10.0 Å². The van der Waals surface area contributed by atoms with E-state index in [0.29, 0.717) is 14.8 Å². The van der Waals surface area contributed by atoms with Crippen LogP contribution in [0.25, 0.3) is 16.9 Å². The topological polar surface area (TPSA) is 20.7 Å². The maximum atomic E-state index is 6.28. The van der Waals surface area contributed by atoms with Crippen LogP contribution in [0.5, 0.6) is 0 Å². The Bertz CT molecular complexity index is 909. The van der Waals surface area contributed by atoms with Crippen molar-refractivity contribution in [2.75, 3.05) is 0 Å². The van der Waals surface area contributed by atoms with E-state index >= 15 is 0 Å². The molecule has 0 radical (unpaired) electrons. The summed E-state index contributed by atoms with van der Waals surface area (Å²) in [4.78, 5) is 3.21. The van der Waals surface area contributed by atoms with E-state index in [1.807, 2.05) is 22.9 Å². The van der Waals surface area contributed by atoms with Crippen LogP contribution in [0, 0.1) is 18.6 Å². The number of hydrogen-bond acceptors (Lipinski definition) is 1. The van der Waals surface area contributed by atoms with Crippen LogP contribution in [0.15, 0.2) is 42.6 Å². The molecule has 1 heterocycles. The first-order valence-corrected chi connectivity index (χ1v) is 7.97. The molecule has 0 bridgehead atoms. The van der Waals surface area contributed by atoms with Gasteiger partial charge in [-0.25, -0.2) is 0 Å². The van der Waals surface area contributed by atoms with Gasteiger partial charge in [-0.2, -0.15) is 0 Å². The fraction of sp³-hybridized carbons (Fsp3) is 0.118. The zero-order valence-corrected chi connectivity index (χ0v) is 14.5. The number of rotatable bonds is 2. The molecular formula is C17H14Cl2N2S. The molecule has 1 N–H and O–H groups in total. The molecule has 0 fully saturated rings. The van der Waals surface area contributed by atoms with Gasteiger partial charge in [-0.15, -0.1) is 0 Å². The van der Waals surface area contributed by atoms with Gasteiger partial charge in [-0.3, -0.25) is 4.57 Å². The molecule has 0 aliphatic rings. The van der Waals surface area contributed by atoms with Crippen LogP contribution in [0.3, 0.4) is 0 Å². The minimum absolute atomic E-state index is 0.594. The SMILES string of the molecule is Cc1ccc(-n2cc(-c3ccc(Cl)cc3Cl)[nH]c2=S)c(C)c1. The maximum Gasteiger partial charge on any atom is 0.182 e. The average Bonchev–Trinajstić information content (AvgIpc) is 2.80. The van der Waals surface area contributed by atoms with Crippen LogP contribution < -0.4 is 0 Å². The summed E-state index contributed by atoms with van der Waals surface area (Å²) in [5, 5.41) is 1.21. The summed E-state index contributed by atoms with van der Waals surface area (Å²) in [7, 11) is 0. The molecule has 3 aromatic rings. The molecule has 1 aromatic heterocycles. The second-order valence-corrected chi connectivity index (χ2v) is 6.49. The highest BCUT2D eigenvalue weighted by Gasteiger charge is 2.10. The van der Waals surface area contributed by atoms with E-state index < -0.39 is 0 Å². The standard InChI is InChI=1S/C17H14Cl2N2S/c1-10-3-6-16(11(2)7-10)21-9-15(20-17(21)22)13-5-4-12(18)8-14(13)19/h3-9H,1-2H3,(H,20,22). The zero-order chi connectivity index (χ0) is 15.9. The number of benzene rings is 2. The van der Waals surface area contributed by atoms with E-state index in [9.17, 15) is 0 Å². The van der Waals surface area contributed by atoms with Crippen molar-refractivity contribution in [2.45, 2.75) is 13.8 Å². The van der Waals surface area contributed by atoms with Crippen molar-refractivity contribution in [2.24, 2.45) is 0 Å². The highest BCUT2D eigenvalue weighted by Crippen LogP contribution is 2.30. The molecule has 0 aliphatic heterocycles. The monoisotopic (exact) mass is 348 g/mol. The second-order valence-electron chi connectivity index (χ2n) is 5.26. The van der Waals surface area contributed by atoms with Crippen molar-refractivity contribution in [3.8, 4) is 16.9 Å². The lowest BCUT2D eigenvalue weighted by Gasteiger charge is -2.07. The Kier molecular flexibility index (Phi) is 4.13. The van der Waals surface area contributed by atoms with Crippen molar-refractivity contribution in [1.29, 1.82) is 0 Å². The quantitative estimate of drug-likeness (QED) is 0.552. The Morgan fingerprint density at radius 3 is 2.50 bits per heavy atom. The molecule has 0 saturated heterocycles. The van der Waals surface area contributed by atoms with E-state index in [1.54, 1.807) is 6.07 Å². The van der Waals surface area contributed by atoms with Crippen molar-refractivity contribution in [3.05, 3.63) is 68.5 Å². The van der Waals surface area contributed by atoms with Gasteiger partial charge in [0.25, 0.3) is 0 Å². The predicted molar refractivity (Wildman–Crippen MR) is 95.9 cm³/mol. The van der Waals surface area contributed by atoms with Gasteiger partial charge in [0.15, 0.2) is 4.77 Å². The minimum Gasteiger partial charge on any atom is -0.330 e. The number of hydrogen-bond donors (Lipinski definition) is 1. The summed E-state index contributed by atoms with van der Waals surface area (Å²) in [6.07, 6.45) is 1.97. The molecule has 0 unspecified atom stereocenters. The number of aryl methyl sites for hydroxylation is 2. The molecule has 0 saturated carbocycles. The highest BCUT2D eigenvalue weighted by atomic mass is 35.5. The number of nitrogens with zero attached hydrogens (tertiary/aromatic N) is 1. The summed E-state index contributed by atoms with van der Waals surface area (Å²) < 4.78 is 2.60. The number of H-pyrrole nitrogens is 1. The molecule has 0 spiro atoms. The van der Waals surface area contributed by atoms with Crippen molar-refractivity contribution in [3.63, 3.8) is 0 Å². The van der Waals surface area contributed by atoms with Gasteiger partial charge in [-0.1, -0.05) is 40.9 Å². The molecule has 5 heteroatoms. The Morgan fingerprint density at radius 2 is 1.82 bits per heavy atom. The molecule has 0 amide bonds. The van der Waals surface area contributed by atoms with Crippen molar-refractivity contribution >= 4 is 35.4 Å². The summed E-state index contributed by atoms with van der Waals surface area (Å²) in [6.45, 7) is 4.15. The number of halogens is 2. The Morgan fingerprint density at radius 1 is 1.05 bits per heavy atom. The number of imidazole rings is 1. The molecule has 2 aromatic carbocycles. The maximum absolute atomic E-state index is 6.28. The zero-order valence-electron chi connectivity index (χ0n) is 12.2. The van der Waals surface area contributed by atoms with Crippen LogP contribution in [-0.4, -0.2) is 9.55 Å². The second kappa shape index (κ2) is 5.92. The molecule has 0 atom stereocenters. The Hall–Kier alpha value is -1.55. The van der Waals surface area contributed by atoms with Crippen LogP contribution in [0.1, 0.15) is 11.1 Å². The van der Waals surface area contributed by atoms with Crippen LogP contribution in [-0.2, 0) is 0 Å². The minimum atomic E-state index is 0.594. The Balaban J connectivity index is 2.13. The Labute approximate surface area is 144 Å². The van der Waals surface area contributed by atoms with Gasteiger partial charge in [0.2, 0.25) is 0 Å². The largest absolute Gasteiger partial charge is 0.330 e. The molecule has 2 nitrogen and oxygen atoms in total. The number of aromatic nitrogens is 2. The summed E-state index contributed by atoms with van der Waals surface area (Å²) in [6, 6.07) is 11.7. The van der Waals surface area contributed by atoms with E-state index in [1.165, 1.54) is 11.1 Å². The molecule has 112 valence electrons. The van der Waals surface area contributed by atoms with Gasteiger partial charge in [0, 0.05) is 16.8 Å². The van der Waals surface area contributed by atoms with Crippen LogP contribution >= 0.6 is 35.4 Å². The van der Waals surface area contributed by atoms with Gasteiger partial charge in [0.05, 0.1) is 16.4 Å². The van der Waals surface area contributed by atoms with Crippen LogP contribution in [0.4, 0.5) is 0 Å². The fourth-order valence-electron chi connectivity index (χ4n) is 2.49. The van der Waals surface area contributed by atoms with Crippen molar-refractivity contribution in [1.82, 2.24) is 9.55 Å². The molecular weight excluding hydrogens is 335 g/mol. The fourth-order valence-corrected chi connectivity index (χ4v) is 3.27. The third-order valence-electron chi connectivity index (χ3n) is 3.55. The lowest BCUT2D eigenvalue weighted by atomic mass is 10.1. The van der Waals surface area contributed by atoms with Gasteiger partial charge in [0.1, 0.15) is 0 Å². The summed E-state index contributed by atoms with van der Waals surface area (Å²) in [5.41, 5.74) is 5.20. The smallest absolute Gasteiger partial charge is 0.182 e. The lowest BCUT2D eigenvalue weighted by molar-refractivity contribution is 1.01. The highest BCUT2D eigenvalue weighted by molar-refractivity contribution is 7.71.